The Hall–Kier alpha value is -2.17. The van der Waals surface area contributed by atoms with E-state index in [1.165, 1.54) is 19.1 Å². The van der Waals surface area contributed by atoms with E-state index < -0.39 is 0 Å². The largest absolute Gasteiger partial charge is 0.459 e. The maximum absolute atomic E-state index is 12.8. The maximum atomic E-state index is 12.8. The molecule has 0 fully saturated rings. The van der Waals surface area contributed by atoms with Crippen LogP contribution in [0.25, 0.3) is 11.5 Å². The van der Waals surface area contributed by atoms with Crippen molar-refractivity contribution < 1.29 is 18.3 Å². The average Bonchev–Trinajstić information content (AvgIpc) is 2.69. The van der Waals surface area contributed by atoms with Gasteiger partial charge in [0.25, 0.3) is 0 Å². The quantitative estimate of drug-likeness (QED) is 0.785. The van der Waals surface area contributed by atoms with E-state index in [2.05, 4.69) is 4.98 Å². The summed E-state index contributed by atoms with van der Waals surface area (Å²) in [5.74, 6) is 0.271. The number of carbonyl (C=O) groups excluding carboxylic acids is 1. The van der Waals surface area contributed by atoms with Crippen LogP contribution < -0.4 is 0 Å². The second-order valence-corrected chi connectivity index (χ2v) is 3.81. The second kappa shape index (κ2) is 5.00. The van der Waals surface area contributed by atoms with Gasteiger partial charge in [-0.1, -0.05) is 0 Å². The Kier molecular flexibility index (Phi) is 3.41. The third-order valence-electron chi connectivity index (χ3n) is 2.40. The fourth-order valence-corrected chi connectivity index (χ4v) is 1.45. The van der Waals surface area contributed by atoms with E-state index in [9.17, 15) is 9.18 Å². The second-order valence-electron chi connectivity index (χ2n) is 3.81. The third kappa shape index (κ3) is 2.74. The van der Waals surface area contributed by atoms with Crippen LogP contribution >= 0.6 is 0 Å². The van der Waals surface area contributed by atoms with E-state index >= 15 is 0 Å². The van der Waals surface area contributed by atoms with Gasteiger partial charge in [0.05, 0.1) is 0 Å². The highest BCUT2D eigenvalue weighted by Gasteiger charge is 2.12. The van der Waals surface area contributed by atoms with E-state index in [-0.39, 0.29) is 18.4 Å². The van der Waals surface area contributed by atoms with E-state index in [1.807, 2.05) is 0 Å². The molecule has 0 spiro atoms. The molecule has 0 amide bonds. The molecular weight excluding hydrogens is 237 g/mol. The number of hydrogen-bond donors (Lipinski definition) is 0. The third-order valence-corrected chi connectivity index (χ3v) is 2.40. The van der Waals surface area contributed by atoms with E-state index in [0.717, 1.165) is 0 Å². The number of ether oxygens (including phenoxy) is 1. The fourth-order valence-electron chi connectivity index (χ4n) is 1.45. The van der Waals surface area contributed by atoms with Crippen molar-refractivity contribution in [1.82, 2.24) is 4.98 Å². The number of oxazole rings is 1. The first kappa shape index (κ1) is 12.3. The Balaban J connectivity index is 2.22. The minimum Gasteiger partial charge on any atom is -0.459 e. The first-order chi connectivity index (χ1) is 8.56. The molecule has 0 aliphatic heterocycles. The molecule has 2 rings (SSSR count). The standard InChI is InChI=1S/C13H12FNO3/c1-8-12(7-17-9(2)16)15-13(18-8)10-3-5-11(14)6-4-10/h3-6H,7H2,1-2H3. The average molecular weight is 249 g/mol. The van der Waals surface area contributed by atoms with Gasteiger partial charge in [-0.25, -0.2) is 9.37 Å². The fraction of sp³-hybridized carbons (Fsp3) is 0.231. The smallest absolute Gasteiger partial charge is 0.303 e. The molecule has 5 heteroatoms. The number of carbonyl (C=O) groups is 1. The minimum absolute atomic E-state index is 0.0753. The molecule has 0 N–H and O–H groups in total. The lowest BCUT2D eigenvalue weighted by atomic mass is 10.2. The highest BCUT2D eigenvalue weighted by atomic mass is 19.1. The molecule has 0 atom stereocenters. The van der Waals surface area contributed by atoms with Gasteiger partial charge in [0.1, 0.15) is 23.9 Å². The molecule has 0 aliphatic carbocycles. The topological polar surface area (TPSA) is 52.3 Å². The SMILES string of the molecule is CC(=O)OCc1nc(-c2ccc(F)cc2)oc1C. The monoisotopic (exact) mass is 249 g/mol. The van der Waals surface area contributed by atoms with Crippen molar-refractivity contribution in [2.45, 2.75) is 20.5 Å². The number of aryl methyl sites for hydroxylation is 1. The molecule has 1 heterocycles. The molecular formula is C13H12FNO3. The van der Waals surface area contributed by atoms with Crippen LogP contribution in [0.2, 0.25) is 0 Å². The number of hydrogen-bond acceptors (Lipinski definition) is 4. The van der Waals surface area contributed by atoms with Gasteiger partial charge in [-0.15, -0.1) is 0 Å². The Labute approximate surface area is 103 Å². The van der Waals surface area contributed by atoms with Gasteiger partial charge in [0.2, 0.25) is 5.89 Å². The highest BCUT2D eigenvalue weighted by molar-refractivity contribution is 5.65. The predicted octanol–water partition coefficient (Wildman–Crippen LogP) is 2.85. The summed E-state index contributed by atoms with van der Waals surface area (Å²) in [4.78, 5) is 14.9. The summed E-state index contributed by atoms with van der Waals surface area (Å²) in [5.41, 5.74) is 1.23. The Morgan fingerprint density at radius 2 is 2.06 bits per heavy atom. The number of esters is 1. The number of aromatic nitrogens is 1. The Morgan fingerprint density at radius 1 is 1.39 bits per heavy atom. The number of rotatable bonds is 3. The minimum atomic E-state index is -0.374. The predicted molar refractivity (Wildman–Crippen MR) is 62.1 cm³/mol. The molecule has 18 heavy (non-hydrogen) atoms. The van der Waals surface area contributed by atoms with Crippen LogP contribution in [0.1, 0.15) is 18.4 Å². The summed E-state index contributed by atoms with van der Waals surface area (Å²) >= 11 is 0. The molecule has 0 bridgehead atoms. The van der Waals surface area contributed by atoms with Crippen molar-refractivity contribution in [3.63, 3.8) is 0 Å². The van der Waals surface area contributed by atoms with Crippen LogP contribution in [-0.4, -0.2) is 11.0 Å². The molecule has 0 aliphatic rings. The van der Waals surface area contributed by atoms with Crippen LogP contribution in [0.3, 0.4) is 0 Å². The zero-order valence-electron chi connectivity index (χ0n) is 10.1. The molecule has 0 radical (unpaired) electrons. The van der Waals surface area contributed by atoms with Gasteiger partial charge in [-0.05, 0) is 31.2 Å². The number of benzene rings is 1. The Bertz CT molecular complexity index is 560. The van der Waals surface area contributed by atoms with Crippen LogP contribution in [0.4, 0.5) is 4.39 Å². The van der Waals surface area contributed by atoms with Gasteiger partial charge >= 0.3 is 5.97 Å². The molecule has 2 aromatic rings. The van der Waals surface area contributed by atoms with Gasteiger partial charge in [-0.3, -0.25) is 4.79 Å². The highest BCUT2D eigenvalue weighted by Crippen LogP contribution is 2.22. The normalized spacial score (nSPS) is 10.4. The summed E-state index contributed by atoms with van der Waals surface area (Å²) in [7, 11) is 0. The van der Waals surface area contributed by atoms with Crippen LogP contribution in [0.15, 0.2) is 28.7 Å². The molecule has 0 saturated heterocycles. The first-order valence-electron chi connectivity index (χ1n) is 5.42. The number of halogens is 1. The van der Waals surface area contributed by atoms with Crippen molar-refractivity contribution in [3.8, 4) is 11.5 Å². The first-order valence-corrected chi connectivity index (χ1v) is 5.42. The molecule has 1 aromatic carbocycles. The zero-order chi connectivity index (χ0) is 13.1. The maximum Gasteiger partial charge on any atom is 0.303 e. The summed E-state index contributed by atoms with van der Waals surface area (Å²) in [6.07, 6.45) is 0. The van der Waals surface area contributed by atoms with Gasteiger partial charge < -0.3 is 9.15 Å². The van der Waals surface area contributed by atoms with Crippen LogP contribution in [0.5, 0.6) is 0 Å². The lowest BCUT2D eigenvalue weighted by Gasteiger charge is -1.97. The summed E-state index contributed by atoms with van der Waals surface area (Å²) in [6, 6.07) is 5.83. The number of nitrogens with zero attached hydrogens (tertiary/aromatic N) is 1. The van der Waals surface area contributed by atoms with Gasteiger partial charge in [0.15, 0.2) is 0 Å². The van der Waals surface area contributed by atoms with E-state index in [1.54, 1.807) is 19.1 Å². The van der Waals surface area contributed by atoms with Crippen molar-refractivity contribution in [3.05, 3.63) is 41.5 Å². The molecule has 94 valence electrons. The van der Waals surface area contributed by atoms with Gasteiger partial charge in [0, 0.05) is 12.5 Å². The van der Waals surface area contributed by atoms with E-state index in [0.29, 0.717) is 22.9 Å². The van der Waals surface area contributed by atoms with Gasteiger partial charge in [-0.2, -0.15) is 0 Å². The van der Waals surface area contributed by atoms with Crippen LogP contribution in [0, 0.1) is 12.7 Å². The lowest BCUT2D eigenvalue weighted by molar-refractivity contribution is -0.142. The lowest BCUT2D eigenvalue weighted by Crippen LogP contribution is -2.00. The Morgan fingerprint density at radius 3 is 2.67 bits per heavy atom. The molecule has 4 nitrogen and oxygen atoms in total. The zero-order valence-corrected chi connectivity index (χ0v) is 10.1. The molecule has 0 unspecified atom stereocenters. The van der Waals surface area contributed by atoms with Crippen molar-refractivity contribution in [1.29, 1.82) is 0 Å². The summed E-state index contributed by atoms with van der Waals surface area (Å²) in [5, 5.41) is 0. The van der Waals surface area contributed by atoms with Crippen molar-refractivity contribution in [2.24, 2.45) is 0 Å². The van der Waals surface area contributed by atoms with Crippen LogP contribution in [-0.2, 0) is 16.1 Å². The summed E-state index contributed by atoms with van der Waals surface area (Å²) < 4.78 is 23.1. The van der Waals surface area contributed by atoms with Crippen molar-refractivity contribution in [2.75, 3.05) is 0 Å². The van der Waals surface area contributed by atoms with E-state index in [4.69, 9.17) is 9.15 Å². The molecule has 1 aromatic heterocycles. The van der Waals surface area contributed by atoms with Crippen molar-refractivity contribution >= 4 is 5.97 Å². The molecule has 0 saturated carbocycles. The summed E-state index contributed by atoms with van der Waals surface area (Å²) in [6.45, 7) is 3.14.